The van der Waals surface area contributed by atoms with Crippen LogP contribution in [0.15, 0.2) is 0 Å². The number of carboxylic acids is 1. The molecule has 0 aliphatic carbocycles. The zero-order valence-electron chi connectivity index (χ0n) is 6.70. The van der Waals surface area contributed by atoms with Crippen LogP contribution in [0.2, 0.25) is 0 Å². The molecule has 0 aromatic heterocycles. The van der Waals surface area contributed by atoms with Crippen molar-refractivity contribution in [3.63, 3.8) is 0 Å². The molecule has 5 nitrogen and oxygen atoms in total. The Morgan fingerprint density at radius 3 is 2.15 bits per heavy atom. The number of aliphatic hydroxyl groups excluding tert-OH is 2. The van der Waals surface area contributed by atoms with Gasteiger partial charge in [0.25, 0.3) is 0 Å². The third kappa shape index (κ3) is 4.11. The van der Waals surface area contributed by atoms with E-state index in [1.165, 1.54) is 0 Å². The summed E-state index contributed by atoms with van der Waals surface area (Å²) in [5.74, 6) is -6.13. The number of aliphatic hydroxyl groups is 2. The van der Waals surface area contributed by atoms with Crippen LogP contribution in [0.5, 0.6) is 0 Å². The summed E-state index contributed by atoms with van der Waals surface area (Å²) in [6.07, 6.45) is 0. The van der Waals surface area contributed by atoms with Crippen LogP contribution in [0.25, 0.3) is 0 Å². The van der Waals surface area contributed by atoms with Crippen molar-refractivity contribution in [1.29, 1.82) is 0 Å². The van der Waals surface area contributed by atoms with E-state index in [1.54, 1.807) is 0 Å². The van der Waals surface area contributed by atoms with Crippen LogP contribution in [0, 0.1) is 0 Å². The predicted octanol–water partition coefficient (Wildman–Crippen LogP) is -1.35. The van der Waals surface area contributed by atoms with E-state index in [4.69, 9.17) is 15.3 Å². The van der Waals surface area contributed by atoms with E-state index in [1.807, 2.05) is 5.32 Å². The summed E-state index contributed by atoms with van der Waals surface area (Å²) < 4.78 is 24.7. The average Bonchev–Trinajstić information content (AvgIpc) is 2.06. The van der Waals surface area contributed by atoms with Crippen molar-refractivity contribution in [3.05, 3.63) is 0 Å². The number of carbonyl (C=O) groups is 1. The minimum Gasteiger partial charge on any atom is -0.477 e. The van der Waals surface area contributed by atoms with Gasteiger partial charge < -0.3 is 20.6 Å². The number of alkyl halides is 2. The van der Waals surface area contributed by atoms with E-state index in [-0.39, 0.29) is 0 Å². The second kappa shape index (κ2) is 5.05. The Balaban J connectivity index is 3.92. The molecular formula is C6H11F2NO4. The van der Waals surface area contributed by atoms with Crippen LogP contribution in [0.3, 0.4) is 0 Å². The van der Waals surface area contributed by atoms with Gasteiger partial charge in [-0.2, -0.15) is 8.78 Å². The van der Waals surface area contributed by atoms with Crippen LogP contribution in [-0.2, 0) is 4.79 Å². The van der Waals surface area contributed by atoms with Crippen molar-refractivity contribution in [2.75, 3.05) is 19.8 Å². The molecule has 78 valence electrons. The average molecular weight is 199 g/mol. The lowest BCUT2D eigenvalue weighted by atomic mass is 10.3. The monoisotopic (exact) mass is 199 g/mol. The molecule has 0 amide bonds. The molecule has 0 spiro atoms. The second-order valence-corrected chi connectivity index (χ2v) is 2.45. The maximum atomic E-state index is 12.4. The third-order valence-electron chi connectivity index (χ3n) is 1.37. The van der Waals surface area contributed by atoms with Gasteiger partial charge in [0.1, 0.15) is 0 Å². The van der Waals surface area contributed by atoms with Gasteiger partial charge in [0.05, 0.1) is 25.8 Å². The second-order valence-electron chi connectivity index (χ2n) is 2.45. The van der Waals surface area contributed by atoms with Crippen molar-refractivity contribution in [3.8, 4) is 0 Å². The maximum Gasteiger partial charge on any atom is 0.375 e. The fourth-order valence-corrected chi connectivity index (χ4v) is 0.535. The van der Waals surface area contributed by atoms with Crippen molar-refractivity contribution in [2.24, 2.45) is 0 Å². The number of rotatable bonds is 6. The van der Waals surface area contributed by atoms with Crippen LogP contribution in [-0.4, -0.2) is 53.0 Å². The minimum atomic E-state index is -3.89. The predicted molar refractivity (Wildman–Crippen MR) is 38.5 cm³/mol. The van der Waals surface area contributed by atoms with Gasteiger partial charge >= 0.3 is 11.9 Å². The Kier molecular flexibility index (Phi) is 4.74. The first-order chi connectivity index (χ1) is 5.94. The zero-order valence-corrected chi connectivity index (χ0v) is 6.70. The normalized spacial score (nSPS) is 12.1. The molecule has 0 saturated heterocycles. The number of hydrogen-bond donors (Lipinski definition) is 4. The number of carboxylic acid groups (broad SMARTS) is 1. The Labute approximate surface area is 73.0 Å². The molecule has 4 N–H and O–H groups in total. The van der Waals surface area contributed by atoms with Crippen LogP contribution >= 0.6 is 0 Å². The van der Waals surface area contributed by atoms with Gasteiger partial charge in [-0.3, -0.25) is 0 Å². The summed E-state index contributed by atoms with van der Waals surface area (Å²) in [7, 11) is 0. The summed E-state index contributed by atoms with van der Waals surface area (Å²) in [5.41, 5.74) is 0. The highest BCUT2D eigenvalue weighted by atomic mass is 19.3. The van der Waals surface area contributed by atoms with Crippen molar-refractivity contribution < 1.29 is 28.9 Å². The molecule has 0 atom stereocenters. The summed E-state index contributed by atoms with van der Waals surface area (Å²) >= 11 is 0. The maximum absolute atomic E-state index is 12.4. The minimum absolute atomic E-state index is 0.536. The lowest BCUT2D eigenvalue weighted by Gasteiger charge is -2.16. The summed E-state index contributed by atoms with van der Waals surface area (Å²) in [4.78, 5) is 9.90. The molecule has 0 heterocycles. The van der Waals surface area contributed by atoms with E-state index in [0.29, 0.717) is 0 Å². The van der Waals surface area contributed by atoms with Crippen molar-refractivity contribution in [1.82, 2.24) is 5.32 Å². The molecule has 13 heavy (non-hydrogen) atoms. The van der Waals surface area contributed by atoms with Gasteiger partial charge in [-0.25, -0.2) is 4.79 Å². The highest BCUT2D eigenvalue weighted by Crippen LogP contribution is 2.11. The van der Waals surface area contributed by atoms with Crippen molar-refractivity contribution >= 4 is 5.97 Å². The van der Waals surface area contributed by atoms with E-state index in [2.05, 4.69) is 0 Å². The molecule has 0 aromatic rings. The van der Waals surface area contributed by atoms with Gasteiger partial charge in [-0.15, -0.1) is 0 Å². The Hall–Kier alpha value is -0.790. The summed E-state index contributed by atoms with van der Waals surface area (Å²) in [6, 6.07) is -0.926. The molecule has 0 aliphatic heterocycles. The Bertz CT molecular complexity index is 172. The standard InChI is InChI=1S/C6H11F2NO4/c7-6(8,5(12)13)3-9-4(1-10)2-11/h4,9-11H,1-3H2,(H,12,13). The highest BCUT2D eigenvalue weighted by Gasteiger charge is 2.38. The van der Waals surface area contributed by atoms with E-state index >= 15 is 0 Å². The molecule has 0 fully saturated rings. The van der Waals surface area contributed by atoms with Crippen molar-refractivity contribution in [2.45, 2.75) is 12.0 Å². The highest BCUT2D eigenvalue weighted by molar-refractivity contribution is 5.75. The van der Waals surface area contributed by atoms with Crippen LogP contribution < -0.4 is 5.32 Å². The summed E-state index contributed by atoms with van der Waals surface area (Å²) in [5, 5.41) is 26.9. The fourth-order valence-electron chi connectivity index (χ4n) is 0.535. The molecule has 0 bridgehead atoms. The number of halogens is 2. The molecule has 0 rings (SSSR count). The van der Waals surface area contributed by atoms with Crippen LogP contribution in [0.4, 0.5) is 8.78 Å². The Morgan fingerprint density at radius 1 is 1.38 bits per heavy atom. The molecule has 0 aromatic carbocycles. The first-order valence-electron chi connectivity index (χ1n) is 3.50. The molecule has 0 aliphatic rings. The SMILES string of the molecule is O=C(O)C(F)(F)CNC(CO)CO. The van der Waals surface area contributed by atoms with Gasteiger partial charge in [0.2, 0.25) is 0 Å². The van der Waals surface area contributed by atoms with E-state index in [9.17, 15) is 13.6 Å². The number of aliphatic carboxylic acids is 1. The van der Waals surface area contributed by atoms with E-state index < -0.39 is 37.7 Å². The van der Waals surface area contributed by atoms with Gasteiger partial charge in [-0.1, -0.05) is 0 Å². The largest absolute Gasteiger partial charge is 0.477 e. The lowest BCUT2D eigenvalue weighted by molar-refractivity contribution is -0.164. The molecule has 0 saturated carbocycles. The van der Waals surface area contributed by atoms with Gasteiger partial charge in [0, 0.05) is 0 Å². The van der Waals surface area contributed by atoms with Crippen LogP contribution in [0.1, 0.15) is 0 Å². The summed E-state index contributed by atoms with van der Waals surface area (Å²) in [6.45, 7) is -2.19. The Morgan fingerprint density at radius 2 is 1.85 bits per heavy atom. The van der Waals surface area contributed by atoms with Gasteiger partial charge in [-0.05, 0) is 0 Å². The van der Waals surface area contributed by atoms with Gasteiger partial charge in [0.15, 0.2) is 0 Å². The first-order valence-corrected chi connectivity index (χ1v) is 3.50. The first kappa shape index (κ1) is 12.2. The number of hydrogen-bond acceptors (Lipinski definition) is 4. The molecule has 7 heteroatoms. The number of nitrogens with one attached hydrogen (secondary N) is 1. The quantitative estimate of drug-likeness (QED) is 0.424. The molecular weight excluding hydrogens is 188 g/mol. The fraction of sp³-hybridized carbons (Fsp3) is 0.833. The zero-order chi connectivity index (χ0) is 10.5. The smallest absolute Gasteiger partial charge is 0.375 e. The molecule has 0 radical (unpaired) electrons. The topological polar surface area (TPSA) is 89.8 Å². The lowest BCUT2D eigenvalue weighted by Crippen LogP contribution is -2.46. The van der Waals surface area contributed by atoms with E-state index in [0.717, 1.165) is 0 Å². The molecule has 0 unspecified atom stereocenters. The third-order valence-corrected chi connectivity index (χ3v) is 1.37.